The van der Waals surface area contributed by atoms with Gasteiger partial charge in [0.1, 0.15) is 5.75 Å². The number of halogens is 1. The van der Waals surface area contributed by atoms with Gasteiger partial charge in [-0.25, -0.2) is 0 Å². The highest BCUT2D eigenvalue weighted by atomic mass is 35.5. The third-order valence-corrected chi connectivity index (χ3v) is 3.60. The van der Waals surface area contributed by atoms with E-state index in [0.29, 0.717) is 0 Å². The van der Waals surface area contributed by atoms with Gasteiger partial charge < -0.3 is 15.4 Å². The monoisotopic (exact) mass is 268 g/mol. The van der Waals surface area contributed by atoms with Crippen LogP contribution in [0.15, 0.2) is 12.1 Å². The Labute approximate surface area is 114 Å². The van der Waals surface area contributed by atoms with Gasteiger partial charge in [-0.2, -0.15) is 0 Å². The van der Waals surface area contributed by atoms with Gasteiger partial charge in [-0.3, -0.25) is 0 Å². The van der Waals surface area contributed by atoms with E-state index in [-0.39, 0.29) is 0 Å². The molecule has 0 spiro atoms. The molecule has 0 amide bonds. The summed E-state index contributed by atoms with van der Waals surface area (Å²) in [6.45, 7) is 4.76. The molecule has 3 nitrogen and oxygen atoms in total. The van der Waals surface area contributed by atoms with Gasteiger partial charge >= 0.3 is 0 Å². The molecule has 1 aromatic rings. The molecule has 0 heterocycles. The van der Waals surface area contributed by atoms with E-state index < -0.39 is 0 Å². The van der Waals surface area contributed by atoms with Crippen LogP contribution in [0.2, 0.25) is 5.02 Å². The molecule has 0 aromatic heterocycles. The molecule has 1 aromatic carbocycles. The molecule has 0 bridgehead atoms. The lowest BCUT2D eigenvalue weighted by atomic mass is 10.1. The minimum absolute atomic E-state index is 0.773. The Hall–Kier alpha value is -0.770. The van der Waals surface area contributed by atoms with E-state index in [1.165, 1.54) is 12.8 Å². The van der Waals surface area contributed by atoms with E-state index >= 15 is 0 Å². The number of rotatable bonds is 7. The summed E-state index contributed by atoms with van der Waals surface area (Å²) in [6, 6.07) is 4.74. The first-order valence-corrected chi connectivity index (χ1v) is 6.85. The minimum atomic E-state index is 0.773. The van der Waals surface area contributed by atoms with Crippen molar-refractivity contribution in [3.8, 4) is 5.75 Å². The fourth-order valence-corrected chi connectivity index (χ4v) is 2.09. The van der Waals surface area contributed by atoms with Crippen LogP contribution < -0.4 is 15.4 Å². The summed E-state index contributed by atoms with van der Waals surface area (Å²) in [6.07, 6.45) is 2.67. The fraction of sp³-hybridized carbons (Fsp3) is 0.571. The third kappa shape index (κ3) is 3.87. The SMILES string of the molecule is COc1cc(C)c(Cl)cc1CNCCNC1CC1. The van der Waals surface area contributed by atoms with Crippen molar-refractivity contribution >= 4 is 11.6 Å². The van der Waals surface area contributed by atoms with Gasteiger partial charge in [0.2, 0.25) is 0 Å². The highest BCUT2D eigenvalue weighted by Gasteiger charge is 2.19. The lowest BCUT2D eigenvalue weighted by Crippen LogP contribution is -2.28. The lowest BCUT2D eigenvalue weighted by molar-refractivity contribution is 0.407. The number of nitrogens with one attached hydrogen (secondary N) is 2. The predicted molar refractivity (Wildman–Crippen MR) is 75.5 cm³/mol. The fourth-order valence-electron chi connectivity index (χ4n) is 1.90. The molecule has 0 aliphatic heterocycles. The van der Waals surface area contributed by atoms with E-state index in [4.69, 9.17) is 16.3 Å². The van der Waals surface area contributed by atoms with Crippen molar-refractivity contribution < 1.29 is 4.74 Å². The van der Waals surface area contributed by atoms with Crippen LogP contribution in [0.4, 0.5) is 0 Å². The Balaban J connectivity index is 1.81. The molecule has 4 heteroatoms. The Morgan fingerprint density at radius 2 is 2.11 bits per heavy atom. The van der Waals surface area contributed by atoms with E-state index in [2.05, 4.69) is 10.6 Å². The van der Waals surface area contributed by atoms with Crippen molar-refractivity contribution in [1.82, 2.24) is 10.6 Å². The molecule has 1 saturated carbocycles. The third-order valence-electron chi connectivity index (χ3n) is 3.19. The lowest BCUT2D eigenvalue weighted by Gasteiger charge is -2.12. The molecule has 0 radical (unpaired) electrons. The van der Waals surface area contributed by atoms with Gasteiger partial charge in [0.15, 0.2) is 0 Å². The van der Waals surface area contributed by atoms with Crippen molar-refractivity contribution in [3.63, 3.8) is 0 Å². The average Bonchev–Trinajstić information content (AvgIpc) is 3.16. The van der Waals surface area contributed by atoms with Crippen molar-refractivity contribution in [1.29, 1.82) is 0 Å². The van der Waals surface area contributed by atoms with Crippen LogP contribution >= 0.6 is 11.6 Å². The van der Waals surface area contributed by atoms with E-state index in [0.717, 1.165) is 47.6 Å². The Kier molecular flexibility index (Phi) is 4.87. The highest BCUT2D eigenvalue weighted by Crippen LogP contribution is 2.26. The summed E-state index contributed by atoms with van der Waals surface area (Å²) in [4.78, 5) is 0. The van der Waals surface area contributed by atoms with Crippen molar-refractivity contribution in [2.24, 2.45) is 0 Å². The molecular weight excluding hydrogens is 248 g/mol. The van der Waals surface area contributed by atoms with Gasteiger partial charge in [-0.15, -0.1) is 0 Å². The molecule has 2 N–H and O–H groups in total. The van der Waals surface area contributed by atoms with Crippen LogP contribution in [0.5, 0.6) is 5.75 Å². The van der Waals surface area contributed by atoms with Gasteiger partial charge in [0, 0.05) is 36.3 Å². The highest BCUT2D eigenvalue weighted by molar-refractivity contribution is 6.31. The molecule has 1 aliphatic carbocycles. The molecule has 1 fully saturated rings. The van der Waals surface area contributed by atoms with Gasteiger partial charge in [-0.1, -0.05) is 11.6 Å². The molecule has 1 aliphatic rings. The second kappa shape index (κ2) is 6.41. The zero-order valence-corrected chi connectivity index (χ0v) is 11.8. The second-order valence-electron chi connectivity index (χ2n) is 4.82. The summed E-state index contributed by atoms with van der Waals surface area (Å²) in [5.41, 5.74) is 2.16. The zero-order chi connectivity index (χ0) is 13.0. The van der Waals surface area contributed by atoms with Crippen molar-refractivity contribution in [2.45, 2.75) is 32.4 Å². The normalized spacial score (nSPS) is 14.8. The van der Waals surface area contributed by atoms with Crippen LogP contribution in [0.1, 0.15) is 24.0 Å². The standard InChI is InChI=1S/C14H21ClN2O/c1-10-7-14(18-2)11(8-13(10)15)9-16-5-6-17-12-3-4-12/h7-8,12,16-17H,3-6,9H2,1-2H3. The zero-order valence-electron chi connectivity index (χ0n) is 11.1. The topological polar surface area (TPSA) is 33.3 Å². The molecule has 0 saturated heterocycles. The second-order valence-corrected chi connectivity index (χ2v) is 5.23. The van der Waals surface area contributed by atoms with E-state index in [1.807, 2.05) is 19.1 Å². The number of aryl methyl sites for hydroxylation is 1. The largest absolute Gasteiger partial charge is 0.496 e. The first kappa shape index (κ1) is 13.7. The van der Waals surface area contributed by atoms with Crippen LogP contribution in [-0.2, 0) is 6.54 Å². The maximum atomic E-state index is 6.14. The molecule has 100 valence electrons. The van der Waals surface area contributed by atoms with Crippen molar-refractivity contribution in [2.75, 3.05) is 20.2 Å². The summed E-state index contributed by atoms with van der Waals surface area (Å²) in [7, 11) is 1.70. The van der Waals surface area contributed by atoms with Crippen LogP contribution in [0.3, 0.4) is 0 Å². The maximum Gasteiger partial charge on any atom is 0.123 e. The quantitative estimate of drug-likeness (QED) is 0.746. The summed E-state index contributed by atoms with van der Waals surface area (Å²) >= 11 is 6.14. The first-order chi connectivity index (χ1) is 8.70. The van der Waals surface area contributed by atoms with Gasteiger partial charge in [-0.05, 0) is 37.5 Å². The van der Waals surface area contributed by atoms with Crippen LogP contribution in [0.25, 0.3) is 0 Å². The molecular formula is C14H21ClN2O. The minimum Gasteiger partial charge on any atom is -0.496 e. The van der Waals surface area contributed by atoms with Crippen LogP contribution in [-0.4, -0.2) is 26.2 Å². The molecule has 0 atom stereocenters. The Morgan fingerprint density at radius 1 is 1.33 bits per heavy atom. The summed E-state index contributed by atoms with van der Waals surface area (Å²) in [5.74, 6) is 0.902. The van der Waals surface area contributed by atoms with Crippen LogP contribution in [0, 0.1) is 6.92 Å². The van der Waals surface area contributed by atoms with Crippen molar-refractivity contribution in [3.05, 3.63) is 28.3 Å². The number of hydrogen-bond donors (Lipinski definition) is 2. The number of ether oxygens (including phenoxy) is 1. The average molecular weight is 269 g/mol. The van der Waals surface area contributed by atoms with Gasteiger partial charge in [0.25, 0.3) is 0 Å². The first-order valence-electron chi connectivity index (χ1n) is 6.48. The number of hydrogen-bond acceptors (Lipinski definition) is 3. The van der Waals surface area contributed by atoms with E-state index in [9.17, 15) is 0 Å². The summed E-state index contributed by atoms with van der Waals surface area (Å²) in [5, 5.41) is 7.67. The Bertz CT molecular complexity index is 405. The van der Waals surface area contributed by atoms with E-state index in [1.54, 1.807) is 7.11 Å². The molecule has 18 heavy (non-hydrogen) atoms. The number of benzene rings is 1. The number of methoxy groups -OCH3 is 1. The Morgan fingerprint density at radius 3 is 2.78 bits per heavy atom. The molecule has 0 unspecified atom stereocenters. The maximum absolute atomic E-state index is 6.14. The van der Waals surface area contributed by atoms with Gasteiger partial charge in [0.05, 0.1) is 7.11 Å². The summed E-state index contributed by atoms with van der Waals surface area (Å²) < 4.78 is 5.37. The smallest absolute Gasteiger partial charge is 0.123 e. The molecule has 2 rings (SSSR count). The predicted octanol–water partition coefficient (Wildman–Crippen LogP) is 2.50.